The Morgan fingerprint density at radius 3 is 2.67 bits per heavy atom. The van der Waals surface area contributed by atoms with Crippen molar-refractivity contribution in [3.63, 3.8) is 0 Å². The van der Waals surface area contributed by atoms with Gasteiger partial charge in [-0.05, 0) is 18.8 Å². The van der Waals surface area contributed by atoms with Crippen LogP contribution in [0.25, 0.3) is 0 Å². The lowest BCUT2D eigenvalue weighted by atomic mass is 9.85. The summed E-state index contributed by atoms with van der Waals surface area (Å²) >= 11 is 0. The number of rotatable bonds is 4. The van der Waals surface area contributed by atoms with Crippen molar-refractivity contribution in [1.82, 2.24) is 10.1 Å². The lowest BCUT2D eigenvalue weighted by Gasteiger charge is -2.25. The van der Waals surface area contributed by atoms with Gasteiger partial charge in [0.1, 0.15) is 6.10 Å². The molecule has 2 N–H and O–H groups in total. The first kappa shape index (κ1) is 13.5. The SMILES string of the molecule is COC(c1noc(C2CCCCC2N)n1)C(C)C. The van der Waals surface area contributed by atoms with Crippen LogP contribution in [0.3, 0.4) is 0 Å². The molecule has 0 radical (unpaired) electrons. The maximum absolute atomic E-state index is 6.13. The number of nitrogens with two attached hydrogens (primary N) is 1. The minimum absolute atomic E-state index is 0.109. The molecule has 1 aliphatic carbocycles. The smallest absolute Gasteiger partial charge is 0.231 e. The van der Waals surface area contributed by atoms with Crippen molar-refractivity contribution in [2.75, 3.05) is 7.11 Å². The second-order valence-electron chi connectivity index (χ2n) is 5.45. The van der Waals surface area contributed by atoms with E-state index in [-0.39, 0.29) is 18.1 Å². The number of hydrogen-bond donors (Lipinski definition) is 1. The van der Waals surface area contributed by atoms with Crippen LogP contribution in [0, 0.1) is 5.92 Å². The average molecular weight is 253 g/mol. The molecule has 0 amide bonds. The fourth-order valence-electron chi connectivity index (χ4n) is 2.66. The van der Waals surface area contributed by atoms with E-state index in [4.69, 9.17) is 15.0 Å². The molecule has 0 aromatic carbocycles. The van der Waals surface area contributed by atoms with E-state index in [0.717, 1.165) is 12.8 Å². The summed E-state index contributed by atoms with van der Waals surface area (Å²) in [5, 5.41) is 4.05. The third kappa shape index (κ3) is 2.72. The lowest BCUT2D eigenvalue weighted by molar-refractivity contribution is 0.0555. The quantitative estimate of drug-likeness (QED) is 0.891. The second-order valence-corrected chi connectivity index (χ2v) is 5.45. The van der Waals surface area contributed by atoms with Gasteiger partial charge in [-0.3, -0.25) is 0 Å². The van der Waals surface area contributed by atoms with Crippen molar-refractivity contribution in [3.8, 4) is 0 Å². The molecular formula is C13H23N3O2. The van der Waals surface area contributed by atoms with Crippen LogP contribution in [0.1, 0.15) is 63.3 Å². The van der Waals surface area contributed by atoms with Gasteiger partial charge < -0.3 is 15.0 Å². The van der Waals surface area contributed by atoms with E-state index in [9.17, 15) is 0 Å². The van der Waals surface area contributed by atoms with Gasteiger partial charge in [0, 0.05) is 13.2 Å². The largest absolute Gasteiger partial charge is 0.373 e. The molecule has 0 aliphatic heterocycles. The van der Waals surface area contributed by atoms with Gasteiger partial charge >= 0.3 is 0 Å². The zero-order chi connectivity index (χ0) is 13.1. The van der Waals surface area contributed by atoms with Gasteiger partial charge in [0.25, 0.3) is 0 Å². The molecule has 0 spiro atoms. The second kappa shape index (κ2) is 5.80. The molecule has 3 unspecified atom stereocenters. The Morgan fingerprint density at radius 2 is 2.06 bits per heavy atom. The Kier molecular flexibility index (Phi) is 4.35. The number of nitrogens with zero attached hydrogens (tertiary/aromatic N) is 2. The highest BCUT2D eigenvalue weighted by Crippen LogP contribution is 2.32. The van der Waals surface area contributed by atoms with Gasteiger partial charge in [-0.1, -0.05) is 31.8 Å². The van der Waals surface area contributed by atoms with Crippen molar-refractivity contribution < 1.29 is 9.26 Å². The summed E-state index contributed by atoms with van der Waals surface area (Å²) in [6.45, 7) is 4.16. The highest BCUT2D eigenvalue weighted by molar-refractivity contribution is 5.02. The molecule has 1 aliphatic rings. The highest BCUT2D eigenvalue weighted by atomic mass is 16.5. The molecule has 1 heterocycles. The van der Waals surface area contributed by atoms with Gasteiger partial charge in [0.05, 0.1) is 5.92 Å². The standard InChI is InChI=1S/C13H23N3O2/c1-8(2)11(17-3)12-15-13(18-16-12)9-6-4-5-7-10(9)14/h8-11H,4-7,14H2,1-3H3. The van der Waals surface area contributed by atoms with Crippen LogP contribution in [0.2, 0.25) is 0 Å². The zero-order valence-corrected chi connectivity index (χ0v) is 11.4. The van der Waals surface area contributed by atoms with Gasteiger partial charge in [-0.2, -0.15) is 4.98 Å². The molecule has 1 fully saturated rings. The van der Waals surface area contributed by atoms with Crippen LogP contribution in [0.5, 0.6) is 0 Å². The maximum Gasteiger partial charge on any atom is 0.231 e. The van der Waals surface area contributed by atoms with Crippen molar-refractivity contribution in [1.29, 1.82) is 0 Å². The summed E-state index contributed by atoms with van der Waals surface area (Å²) < 4.78 is 10.8. The number of ether oxygens (including phenoxy) is 1. The van der Waals surface area contributed by atoms with E-state index < -0.39 is 0 Å². The summed E-state index contributed by atoms with van der Waals surface area (Å²) in [4.78, 5) is 4.49. The maximum atomic E-state index is 6.13. The van der Waals surface area contributed by atoms with Crippen LogP contribution in [0.15, 0.2) is 4.52 Å². The molecule has 1 aromatic heterocycles. The molecule has 1 saturated carbocycles. The lowest BCUT2D eigenvalue weighted by Crippen LogP contribution is -2.31. The Labute approximate surface area is 108 Å². The predicted molar refractivity (Wildman–Crippen MR) is 68.1 cm³/mol. The fourth-order valence-corrected chi connectivity index (χ4v) is 2.66. The van der Waals surface area contributed by atoms with Crippen LogP contribution in [0.4, 0.5) is 0 Å². The first-order valence-electron chi connectivity index (χ1n) is 6.75. The number of hydrogen-bond acceptors (Lipinski definition) is 5. The first-order chi connectivity index (χ1) is 8.63. The third-order valence-corrected chi connectivity index (χ3v) is 3.71. The fraction of sp³-hybridized carbons (Fsp3) is 0.846. The molecule has 0 bridgehead atoms. The molecule has 5 nitrogen and oxygen atoms in total. The Bertz CT molecular complexity index is 378. The summed E-state index contributed by atoms with van der Waals surface area (Å²) in [5.74, 6) is 1.85. The number of methoxy groups -OCH3 is 1. The Hall–Kier alpha value is -0.940. The normalized spacial score (nSPS) is 26.5. The molecule has 102 valence electrons. The molecule has 3 atom stereocenters. The first-order valence-corrected chi connectivity index (χ1v) is 6.75. The van der Waals surface area contributed by atoms with Gasteiger partial charge in [-0.15, -0.1) is 0 Å². The summed E-state index contributed by atoms with van der Waals surface area (Å²) in [7, 11) is 1.67. The molecule has 18 heavy (non-hydrogen) atoms. The van der Waals surface area contributed by atoms with Gasteiger partial charge in [0.15, 0.2) is 0 Å². The number of aromatic nitrogens is 2. The van der Waals surface area contributed by atoms with E-state index in [1.165, 1.54) is 12.8 Å². The molecule has 2 rings (SSSR count). The van der Waals surface area contributed by atoms with Gasteiger partial charge in [-0.25, -0.2) is 0 Å². The topological polar surface area (TPSA) is 74.2 Å². The van der Waals surface area contributed by atoms with E-state index >= 15 is 0 Å². The Balaban J connectivity index is 2.14. The van der Waals surface area contributed by atoms with E-state index in [2.05, 4.69) is 24.0 Å². The highest BCUT2D eigenvalue weighted by Gasteiger charge is 2.30. The van der Waals surface area contributed by atoms with Crippen molar-refractivity contribution in [3.05, 3.63) is 11.7 Å². The van der Waals surface area contributed by atoms with Crippen LogP contribution >= 0.6 is 0 Å². The zero-order valence-electron chi connectivity index (χ0n) is 11.4. The minimum Gasteiger partial charge on any atom is -0.373 e. The van der Waals surface area contributed by atoms with Crippen LogP contribution < -0.4 is 5.73 Å². The Morgan fingerprint density at radius 1 is 1.33 bits per heavy atom. The average Bonchev–Trinajstić information content (AvgIpc) is 2.79. The third-order valence-electron chi connectivity index (χ3n) is 3.71. The van der Waals surface area contributed by atoms with Crippen LogP contribution in [-0.2, 0) is 4.74 Å². The van der Waals surface area contributed by atoms with Gasteiger partial charge in [0.2, 0.25) is 11.7 Å². The monoisotopic (exact) mass is 253 g/mol. The molecular weight excluding hydrogens is 230 g/mol. The summed E-state index contributed by atoms with van der Waals surface area (Å²) in [6.07, 6.45) is 4.36. The van der Waals surface area contributed by atoms with Crippen LogP contribution in [-0.4, -0.2) is 23.3 Å². The van der Waals surface area contributed by atoms with E-state index in [1.54, 1.807) is 7.11 Å². The van der Waals surface area contributed by atoms with Crippen molar-refractivity contribution >= 4 is 0 Å². The van der Waals surface area contributed by atoms with Crippen molar-refractivity contribution in [2.24, 2.45) is 11.7 Å². The molecule has 0 saturated heterocycles. The van der Waals surface area contributed by atoms with Crippen molar-refractivity contribution in [2.45, 2.75) is 57.6 Å². The molecule has 1 aromatic rings. The minimum atomic E-state index is -0.109. The van der Waals surface area contributed by atoms with E-state index in [0.29, 0.717) is 17.6 Å². The summed E-state index contributed by atoms with van der Waals surface area (Å²) in [5.41, 5.74) is 6.13. The van der Waals surface area contributed by atoms with E-state index in [1.807, 2.05) is 0 Å². The predicted octanol–water partition coefficient (Wildman–Crippen LogP) is 2.40. The molecule has 5 heteroatoms. The summed E-state index contributed by atoms with van der Waals surface area (Å²) in [6, 6.07) is 0.145.